The molecule has 0 aromatic heterocycles. The number of hydrogen-bond donors (Lipinski definition) is 2. The highest BCUT2D eigenvalue weighted by Gasteiger charge is 2.07. The first-order chi connectivity index (χ1) is 4.70. The van der Waals surface area contributed by atoms with Gasteiger partial charge in [-0.3, -0.25) is 0 Å². The second-order valence-corrected chi connectivity index (χ2v) is 2.10. The standard InChI is InChI=1S/C6H11NO3/c7-5(1-2-8)3-6(10)4-9/h2,4-6,10H,1,3,7H2. The third kappa shape index (κ3) is 4.17. The quantitative estimate of drug-likeness (QED) is 0.479. The molecule has 0 aliphatic heterocycles. The SMILES string of the molecule is NC(CC=O)CC(O)C=O. The Morgan fingerprint density at radius 1 is 1.50 bits per heavy atom. The predicted molar refractivity (Wildman–Crippen MR) is 35.3 cm³/mol. The molecule has 0 spiro atoms. The van der Waals surface area contributed by atoms with Crippen molar-refractivity contribution < 1.29 is 14.7 Å². The van der Waals surface area contributed by atoms with Crippen LogP contribution in [0, 0.1) is 0 Å². The minimum atomic E-state index is -1.03. The van der Waals surface area contributed by atoms with E-state index in [4.69, 9.17) is 10.8 Å². The van der Waals surface area contributed by atoms with E-state index in [1.165, 1.54) is 0 Å². The van der Waals surface area contributed by atoms with Crippen LogP contribution in [0.1, 0.15) is 12.8 Å². The fourth-order valence-corrected chi connectivity index (χ4v) is 0.586. The van der Waals surface area contributed by atoms with Crippen LogP contribution in [0.15, 0.2) is 0 Å². The molecule has 0 radical (unpaired) electrons. The number of nitrogens with two attached hydrogens (primary N) is 1. The summed E-state index contributed by atoms with van der Waals surface area (Å²) in [7, 11) is 0. The van der Waals surface area contributed by atoms with Crippen LogP contribution in [-0.2, 0) is 9.59 Å². The first-order valence-corrected chi connectivity index (χ1v) is 3.03. The van der Waals surface area contributed by atoms with Gasteiger partial charge < -0.3 is 20.4 Å². The van der Waals surface area contributed by atoms with Gasteiger partial charge in [0.05, 0.1) is 0 Å². The summed E-state index contributed by atoms with van der Waals surface area (Å²) in [5.41, 5.74) is 5.31. The van der Waals surface area contributed by atoms with Gasteiger partial charge in [-0.1, -0.05) is 0 Å². The van der Waals surface area contributed by atoms with E-state index >= 15 is 0 Å². The normalized spacial score (nSPS) is 15.8. The average molecular weight is 145 g/mol. The lowest BCUT2D eigenvalue weighted by Crippen LogP contribution is -2.27. The van der Waals surface area contributed by atoms with E-state index in [1.807, 2.05) is 0 Å². The van der Waals surface area contributed by atoms with E-state index in [-0.39, 0.29) is 12.8 Å². The molecule has 58 valence electrons. The topological polar surface area (TPSA) is 80.4 Å². The van der Waals surface area contributed by atoms with Crippen molar-refractivity contribution in [3.05, 3.63) is 0 Å². The highest BCUT2D eigenvalue weighted by molar-refractivity contribution is 5.56. The van der Waals surface area contributed by atoms with Gasteiger partial charge in [-0.25, -0.2) is 0 Å². The average Bonchev–Trinajstić information content (AvgIpc) is 1.88. The van der Waals surface area contributed by atoms with Gasteiger partial charge in [-0.2, -0.15) is 0 Å². The van der Waals surface area contributed by atoms with Crippen LogP contribution < -0.4 is 5.73 Å². The second kappa shape index (κ2) is 5.08. The summed E-state index contributed by atoms with van der Waals surface area (Å²) in [5.74, 6) is 0. The van der Waals surface area contributed by atoms with Gasteiger partial charge in [0, 0.05) is 12.5 Å². The minimum Gasteiger partial charge on any atom is -0.386 e. The molecule has 4 heteroatoms. The van der Waals surface area contributed by atoms with Crippen LogP contribution in [0.4, 0.5) is 0 Å². The minimum absolute atomic E-state index is 0.155. The van der Waals surface area contributed by atoms with E-state index in [9.17, 15) is 9.59 Å². The van der Waals surface area contributed by atoms with Gasteiger partial charge in [-0.15, -0.1) is 0 Å². The predicted octanol–water partition coefficient (Wildman–Crippen LogP) is -1.15. The third-order valence-corrected chi connectivity index (χ3v) is 1.10. The monoisotopic (exact) mass is 145 g/mol. The Bertz CT molecular complexity index is 116. The van der Waals surface area contributed by atoms with Gasteiger partial charge in [0.1, 0.15) is 18.7 Å². The van der Waals surface area contributed by atoms with Crippen molar-refractivity contribution >= 4 is 12.6 Å². The highest BCUT2D eigenvalue weighted by Crippen LogP contribution is 1.95. The molecule has 0 saturated heterocycles. The first kappa shape index (κ1) is 9.26. The zero-order valence-electron chi connectivity index (χ0n) is 5.56. The molecule has 0 bridgehead atoms. The number of hydrogen-bond acceptors (Lipinski definition) is 4. The summed E-state index contributed by atoms with van der Waals surface area (Å²) in [5, 5.41) is 8.69. The van der Waals surface area contributed by atoms with Crippen LogP contribution >= 0.6 is 0 Å². The van der Waals surface area contributed by atoms with Crippen LogP contribution in [-0.4, -0.2) is 29.8 Å². The van der Waals surface area contributed by atoms with Gasteiger partial charge in [0.2, 0.25) is 0 Å². The number of aldehydes is 2. The van der Waals surface area contributed by atoms with Crippen molar-refractivity contribution in [3.63, 3.8) is 0 Å². The van der Waals surface area contributed by atoms with Crippen LogP contribution in [0.3, 0.4) is 0 Å². The highest BCUT2D eigenvalue weighted by atomic mass is 16.3. The van der Waals surface area contributed by atoms with E-state index in [0.717, 1.165) is 0 Å². The van der Waals surface area contributed by atoms with Crippen molar-refractivity contribution in [2.24, 2.45) is 5.73 Å². The Morgan fingerprint density at radius 2 is 2.10 bits per heavy atom. The lowest BCUT2D eigenvalue weighted by Gasteiger charge is -2.07. The Labute approximate surface area is 59.0 Å². The summed E-state index contributed by atoms with van der Waals surface area (Å²) >= 11 is 0. The fraction of sp³-hybridized carbons (Fsp3) is 0.667. The molecule has 0 heterocycles. The Kier molecular flexibility index (Phi) is 4.70. The fourth-order valence-electron chi connectivity index (χ4n) is 0.586. The van der Waals surface area contributed by atoms with Crippen molar-refractivity contribution in [1.29, 1.82) is 0 Å². The molecule has 2 atom stereocenters. The summed E-state index contributed by atoms with van der Waals surface area (Å²) in [6.45, 7) is 0. The van der Waals surface area contributed by atoms with E-state index in [2.05, 4.69) is 0 Å². The largest absolute Gasteiger partial charge is 0.386 e. The number of aliphatic hydroxyl groups excluding tert-OH is 1. The number of aliphatic hydroxyl groups is 1. The molecule has 3 N–H and O–H groups in total. The molecule has 0 rings (SSSR count). The van der Waals surface area contributed by atoms with Crippen LogP contribution in [0.25, 0.3) is 0 Å². The molecule has 2 unspecified atom stereocenters. The first-order valence-electron chi connectivity index (χ1n) is 3.03. The lowest BCUT2D eigenvalue weighted by molar-refractivity contribution is -0.115. The molecule has 0 aliphatic rings. The van der Waals surface area contributed by atoms with Crippen molar-refractivity contribution in [1.82, 2.24) is 0 Å². The molecule has 0 aliphatic carbocycles. The molecule has 10 heavy (non-hydrogen) atoms. The number of carbonyl (C=O) groups is 2. The van der Waals surface area contributed by atoms with Crippen molar-refractivity contribution in [2.45, 2.75) is 25.0 Å². The Morgan fingerprint density at radius 3 is 2.50 bits per heavy atom. The molecular formula is C6H11NO3. The third-order valence-electron chi connectivity index (χ3n) is 1.10. The summed E-state index contributed by atoms with van der Waals surface area (Å²) < 4.78 is 0. The maximum Gasteiger partial charge on any atom is 0.148 e. The zero-order chi connectivity index (χ0) is 7.98. The molecule has 0 aromatic carbocycles. The van der Waals surface area contributed by atoms with Gasteiger partial charge in [-0.05, 0) is 6.42 Å². The second-order valence-electron chi connectivity index (χ2n) is 2.10. The summed E-state index contributed by atoms with van der Waals surface area (Å²) in [6.07, 6.45) is 0.384. The zero-order valence-corrected chi connectivity index (χ0v) is 5.56. The van der Waals surface area contributed by atoms with Crippen molar-refractivity contribution in [2.75, 3.05) is 0 Å². The van der Waals surface area contributed by atoms with E-state index < -0.39 is 12.1 Å². The number of carbonyl (C=O) groups excluding carboxylic acids is 2. The van der Waals surface area contributed by atoms with E-state index in [1.54, 1.807) is 0 Å². The number of rotatable bonds is 5. The smallest absolute Gasteiger partial charge is 0.148 e. The molecule has 4 nitrogen and oxygen atoms in total. The molecule has 0 aromatic rings. The Balaban J connectivity index is 3.45. The van der Waals surface area contributed by atoms with Gasteiger partial charge in [0.15, 0.2) is 0 Å². The van der Waals surface area contributed by atoms with E-state index in [0.29, 0.717) is 12.6 Å². The maximum atomic E-state index is 9.85. The van der Waals surface area contributed by atoms with Crippen LogP contribution in [0.5, 0.6) is 0 Å². The van der Waals surface area contributed by atoms with Crippen molar-refractivity contribution in [3.8, 4) is 0 Å². The summed E-state index contributed by atoms with van der Waals surface area (Å²) in [4.78, 5) is 19.7. The molecular weight excluding hydrogens is 134 g/mol. The molecule has 0 saturated carbocycles. The van der Waals surface area contributed by atoms with Gasteiger partial charge >= 0.3 is 0 Å². The Hall–Kier alpha value is -0.740. The molecule has 0 fully saturated rings. The van der Waals surface area contributed by atoms with Gasteiger partial charge in [0.25, 0.3) is 0 Å². The summed E-state index contributed by atoms with van der Waals surface area (Å²) in [6, 6.07) is -0.405. The van der Waals surface area contributed by atoms with Crippen LogP contribution in [0.2, 0.25) is 0 Å². The maximum absolute atomic E-state index is 9.85. The lowest BCUT2D eigenvalue weighted by atomic mass is 10.1. The molecule has 0 amide bonds.